The van der Waals surface area contributed by atoms with E-state index in [0.717, 1.165) is 6.42 Å². The Balaban J connectivity index is 1.78. The van der Waals surface area contributed by atoms with Crippen molar-refractivity contribution >= 4 is 10.0 Å². The minimum Gasteiger partial charge on any atom is -0.493 e. The molecule has 2 heterocycles. The summed E-state index contributed by atoms with van der Waals surface area (Å²) in [6.45, 7) is 0.682. The molecule has 1 saturated heterocycles. The highest BCUT2D eigenvalue weighted by Gasteiger charge is 2.32. The van der Waals surface area contributed by atoms with Crippen molar-refractivity contribution in [1.82, 2.24) is 14.3 Å². The highest BCUT2D eigenvalue weighted by Crippen LogP contribution is 2.31. The van der Waals surface area contributed by atoms with Gasteiger partial charge in [-0.25, -0.2) is 18.4 Å². The largest absolute Gasteiger partial charge is 0.493 e. The number of hydrogen-bond acceptors (Lipinski definition) is 7. The molecule has 1 aromatic carbocycles. The predicted molar refractivity (Wildman–Crippen MR) is 94.0 cm³/mol. The van der Waals surface area contributed by atoms with Crippen molar-refractivity contribution in [2.75, 3.05) is 27.3 Å². The number of rotatable bonds is 6. The third-order valence-electron chi connectivity index (χ3n) is 4.15. The molecule has 0 radical (unpaired) electrons. The summed E-state index contributed by atoms with van der Waals surface area (Å²) >= 11 is 0. The molecular formula is C17H21N3O5S. The van der Waals surface area contributed by atoms with Crippen LogP contribution < -0.4 is 14.2 Å². The number of aromatic nitrogens is 2. The molecule has 0 spiro atoms. The highest BCUT2D eigenvalue weighted by atomic mass is 32.2. The second kappa shape index (κ2) is 7.88. The second-order valence-corrected chi connectivity index (χ2v) is 7.73. The normalized spacial score (nSPS) is 18.3. The van der Waals surface area contributed by atoms with Crippen LogP contribution in [0.3, 0.4) is 0 Å². The third kappa shape index (κ3) is 3.88. The van der Waals surface area contributed by atoms with Crippen LogP contribution in [0.1, 0.15) is 12.8 Å². The Morgan fingerprint density at radius 2 is 1.85 bits per heavy atom. The number of nitrogens with zero attached hydrogens (tertiary/aromatic N) is 3. The van der Waals surface area contributed by atoms with Crippen LogP contribution in [-0.2, 0) is 10.0 Å². The number of methoxy groups -OCH3 is 2. The first-order valence-corrected chi connectivity index (χ1v) is 9.64. The maximum Gasteiger partial charge on any atom is 0.316 e. The van der Waals surface area contributed by atoms with Gasteiger partial charge in [-0.15, -0.1) is 0 Å². The first-order chi connectivity index (χ1) is 12.5. The van der Waals surface area contributed by atoms with Crippen LogP contribution in [0.15, 0.2) is 41.6 Å². The van der Waals surface area contributed by atoms with E-state index in [1.165, 1.54) is 30.7 Å². The van der Waals surface area contributed by atoms with Crippen molar-refractivity contribution in [3.63, 3.8) is 0 Å². The van der Waals surface area contributed by atoms with E-state index in [-0.39, 0.29) is 23.6 Å². The van der Waals surface area contributed by atoms with Crippen molar-refractivity contribution in [2.45, 2.75) is 23.8 Å². The van der Waals surface area contributed by atoms with E-state index in [9.17, 15) is 8.42 Å². The van der Waals surface area contributed by atoms with Crippen LogP contribution in [0.4, 0.5) is 0 Å². The fourth-order valence-corrected chi connectivity index (χ4v) is 4.37. The summed E-state index contributed by atoms with van der Waals surface area (Å²) in [7, 11) is -0.693. The van der Waals surface area contributed by atoms with E-state index in [1.54, 1.807) is 24.5 Å². The number of hydrogen-bond donors (Lipinski definition) is 0. The van der Waals surface area contributed by atoms with Gasteiger partial charge in [-0.1, -0.05) is 0 Å². The molecule has 1 atom stereocenters. The van der Waals surface area contributed by atoms with Gasteiger partial charge in [-0.3, -0.25) is 0 Å². The van der Waals surface area contributed by atoms with Gasteiger partial charge in [0.1, 0.15) is 6.10 Å². The molecule has 0 bridgehead atoms. The summed E-state index contributed by atoms with van der Waals surface area (Å²) in [5.41, 5.74) is 0. The fourth-order valence-electron chi connectivity index (χ4n) is 2.84. The van der Waals surface area contributed by atoms with Crippen LogP contribution in [0.25, 0.3) is 0 Å². The molecule has 140 valence electrons. The van der Waals surface area contributed by atoms with Crippen molar-refractivity contribution in [3.05, 3.63) is 36.7 Å². The molecule has 1 aromatic heterocycles. The number of benzene rings is 1. The smallest absolute Gasteiger partial charge is 0.316 e. The molecule has 2 aromatic rings. The molecule has 26 heavy (non-hydrogen) atoms. The van der Waals surface area contributed by atoms with E-state index in [4.69, 9.17) is 14.2 Å². The molecule has 0 N–H and O–H groups in total. The van der Waals surface area contributed by atoms with Gasteiger partial charge >= 0.3 is 6.01 Å². The second-order valence-electron chi connectivity index (χ2n) is 5.79. The summed E-state index contributed by atoms with van der Waals surface area (Å²) < 4.78 is 43.5. The van der Waals surface area contributed by atoms with E-state index in [0.29, 0.717) is 24.5 Å². The van der Waals surface area contributed by atoms with Crippen molar-refractivity contribution < 1.29 is 22.6 Å². The zero-order valence-electron chi connectivity index (χ0n) is 14.7. The predicted octanol–water partition coefficient (Wildman–Crippen LogP) is 1.73. The van der Waals surface area contributed by atoms with Crippen LogP contribution >= 0.6 is 0 Å². The molecular weight excluding hydrogens is 358 g/mol. The minimum absolute atomic E-state index is 0.159. The Bertz CT molecular complexity index is 845. The van der Waals surface area contributed by atoms with Gasteiger partial charge in [0.05, 0.1) is 25.7 Å². The Morgan fingerprint density at radius 3 is 2.54 bits per heavy atom. The SMILES string of the molecule is COc1ccc(S(=O)(=O)N2CCC[C@H](Oc3ncccn3)C2)cc1OC. The first-order valence-electron chi connectivity index (χ1n) is 8.20. The lowest BCUT2D eigenvalue weighted by atomic mass is 10.1. The summed E-state index contributed by atoms with van der Waals surface area (Å²) in [4.78, 5) is 8.22. The fraction of sp³-hybridized carbons (Fsp3) is 0.412. The monoisotopic (exact) mass is 379 g/mol. The van der Waals surface area contributed by atoms with Gasteiger partial charge in [-0.05, 0) is 31.0 Å². The lowest BCUT2D eigenvalue weighted by Crippen LogP contribution is -2.44. The minimum atomic E-state index is -3.67. The summed E-state index contributed by atoms with van der Waals surface area (Å²) in [6.07, 6.45) is 4.33. The maximum absolute atomic E-state index is 13.0. The van der Waals surface area contributed by atoms with Gasteiger partial charge in [-0.2, -0.15) is 4.31 Å². The zero-order valence-corrected chi connectivity index (χ0v) is 15.5. The van der Waals surface area contributed by atoms with Gasteiger partial charge in [0, 0.05) is 25.0 Å². The molecule has 1 fully saturated rings. The van der Waals surface area contributed by atoms with E-state index in [2.05, 4.69) is 9.97 Å². The quantitative estimate of drug-likeness (QED) is 0.755. The third-order valence-corrected chi connectivity index (χ3v) is 6.01. The van der Waals surface area contributed by atoms with E-state index in [1.807, 2.05) is 0 Å². The first kappa shape index (κ1) is 18.4. The van der Waals surface area contributed by atoms with E-state index >= 15 is 0 Å². The highest BCUT2D eigenvalue weighted by molar-refractivity contribution is 7.89. The van der Waals surface area contributed by atoms with Gasteiger partial charge in [0.2, 0.25) is 10.0 Å². The Kier molecular flexibility index (Phi) is 5.58. The van der Waals surface area contributed by atoms with Gasteiger partial charge in [0.15, 0.2) is 11.5 Å². The molecule has 9 heteroatoms. The molecule has 0 aliphatic carbocycles. The van der Waals surface area contributed by atoms with Gasteiger partial charge < -0.3 is 14.2 Å². The average molecular weight is 379 g/mol. The van der Waals surface area contributed by atoms with Crippen LogP contribution in [-0.4, -0.2) is 56.1 Å². The van der Waals surface area contributed by atoms with Crippen molar-refractivity contribution in [2.24, 2.45) is 0 Å². The maximum atomic E-state index is 13.0. The standard InChI is InChI=1S/C17H21N3O5S/c1-23-15-7-6-14(11-16(15)24-2)26(21,22)20-10-3-5-13(12-20)25-17-18-8-4-9-19-17/h4,6-9,11,13H,3,5,10,12H2,1-2H3/t13-/m0/s1. The summed E-state index contributed by atoms with van der Waals surface area (Å²) in [5.74, 6) is 0.851. The lowest BCUT2D eigenvalue weighted by Gasteiger charge is -2.31. The molecule has 0 unspecified atom stereocenters. The Morgan fingerprint density at radius 1 is 1.12 bits per heavy atom. The Hall–Kier alpha value is -2.39. The van der Waals surface area contributed by atoms with E-state index < -0.39 is 10.0 Å². The van der Waals surface area contributed by atoms with Crippen LogP contribution in [0.2, 0.25) is 0 Å². The lowest BCUT2D eigenvalue weighted by molar-refractivity contribution is 0.119. The van der Waals surface area contributed by atoms with Gasteiger partial charge in [0.25, 0.3) is 0 Å². The molecule has 3 rings (SSSR count). The molecule has 8 nitrogen and oxygen atoms in total. The molecule has 0 amide bonds. The van der Waals surface area contributed by atoms with Crippen LogP contribution in [0.5, 0.6) is 17.5 Å². The summed E-state index contributed by atoms with van der Waals surface area (Å²) in [6, 6.07) is 6.52. The molecule has 0 saturated carbocycles. The average Bonchev–Trinajstić information content (AvgIpc) is 2.68. The van der Waals surface area contributed by atoms with Crippen molar-refractivity contribution in [3.8, 4) is 17.5 Å². The molecule has 1 aliphatic heterocycles. The number of piperidine rings is 1. The number of ether oxygens (including phenoxy) is 3. The zero-order chi connectivity index (χ0) is 18.6. The molecule has 1 aliphatic rings. The number of sulfonamides is 1. The Labute approximate surface area is 152 Å². The van der Waals surface area contributed by atoms with Crippen LogP contribution in [0, 0.1) is 0 Å². The topological polar surface area (TPSA) is 90.9 Å². The summed E-state index contributed by atoms with van der Waals surface area (Å²) in [5, 5.41) is 0. The van der Waals surface area contributed by atoms with Crippen molar-refractivity contribution in [1.29, 1.82) is 0 Å².